The smallest absolute Gasteiger partial charge is 0.119 e. The molecule has 0 amide bonds. The molecule has 0 spiro atoms. The van der Waals surface area contributed by atoms with Crippen molar-refractivity contribution in [3.8, 4) is 5.75 Å². The van der Waals surface area contributed by atoms with Gasteiger partial charge in [0.15, 0.2) is 0 Å². The Balaban J connectivity index is 1.27. The van der Waals surface area contributed by atoms with Crippen LogP contribution in [0.4, 0.5) is 0 Å². The fraction of sp³-hybridized carbons (Fsp3) is 0.724. The minimum absolute atomic E-state index is 0.873. The van der Waals surface area contributed by atoms with E-state index in [0.29, 0.717) is 0 Å². The molecular weight excluding hydrogens is 364 g/mol. The van der Waals surface area contributed by atoms with Gasteiger partial charge in [0.05, 0.1) is 6.61 Å². The van der Waals surface area contributed by atoms with Crippen LogP contribution in [-0.4, -0.2) is 6.61 Å². The molecule has 1 heteroatoms. The number of hydrogen-bond acceptors (Lipinski definition) is 1. The highest BCUT2D eigenvalue weighted by atomic mass is 16.5. The Morgan fingerprint density at radius 3 is 2.50 bits per heavy atom. The van der Waals surface area contributed by atoms with Crippen molar-refractivity contribution in [2.24, 2.45) is 29.6 Å². The summed E-state index contributed by atoms with van der Waals surface area (Å²) in [5, 5.41) is 0. The van der Waals surface area contributed by atoms with Gasteiger partial charge in [0.2, 0.25) is 0 Å². The van der Waals surface area contributed by atoms with Gasteiger partial charge in [-0.1, -0.05) is 44.4 Å². The van der Waals surface area contributed by atoms with Crippen molar-refractivity contribution in [3.05, 3.63) is 41.5 Å². The third-order valence-electron chi connectivity index (χ3n) is 8.54. The van der Waals surface area contributed by atoms with Gasteiger partial charge in [-0.3, -0.25) is 0 Å². The Morgan fingerprint density at radius 1 is 0.867 bits per heavy atom. The molecule has 0 bridgehead atoms. The zero-order valence-corrected chi connectivity index (χ0v) is 19.6. The summed E-state index contributed by atoms with van der Waals surface area (Å²) in [5.74, 6) is 5.92. The molecule has 5 atom stereocenters. The summed E-state index contributed by atoms with van der Waals surface area (Å²) in [4.78, 5) is 0. The topological polar surface area (TPSA) is 9.23 Å². The number of hydrogen-bond donors (Lipinski definition) is 0. The predicted octanol–water partition coefficient (Wildman–Crippen LogP) is 8.16. The molecule has 30 heavy (non-hydrogen) atoms. The number of rotatable bonds is 8. The summed E-state index contributed by atoms with van der Waals surface area (Å²) >= 11 is 0. The van der Waals surface area contributed by atoms with Crippen LogP contribution in [0.25, 0.3) is 0 Å². The maximum Gasteiger partial charge on any atom is 0.119 e. The Morgan fingerprint density at radius 2 is 1.67 bits per heavy atom. The average Bonchev–Trinajstić information content (AvgIpc) is 2.78. The molecule has 0 aliphatic heterocycles. The zero-order chi connectivity index (χ0) is 20.8. The fourth-order valence-electron chi connectivity index (χ4n) is 6.81. The molecule has 4 rings (SSSR count). The molecule has 0 aromatic heterocycles. The lowest BCUT2D eigenvalue weighted by Crippen LogP contribution is -2.34. The Hall–Kier alpha value is -1.24. The summed E-state index contributed by atoms with van der Waals surface area (Å²) in [6, 6.07) is 6.97. The van der Waals surface area contributed by atoms with Crippen molar-refractivity contribution in [2.75, 3.05) is 6.61 Å². The van der Waals surface area contributed by atoms with Gasteiger partial charge < -0.3 is 4.74 Å². The summed E-state index contributed by atoms with van der Waals surface area (Å²) in [6.07, 6.45) is 22.7. The van der Waals surface area contributed by atoms with Gasteiger partial charge in [-0.25, -0.2) is 0 Å². The van der Waals surface area contributed by atoms with Crippen LogP contribution in [-0.2, 0) is 12.8 Å². The normalized spacial score (nSPS) is 31.3. The SMILES string of the molecule is CC=C[C@@H]1CC[C@@H]2CC(C3CCc4cc(OCCCCCC)ccc4C3)CC[C@@H]2C1. The first kappa shape index (κ1) is 22.0. The summed E-state index contributed by atoms with van der Waals surface area (Å²) < 4.78 is 6.04. The maximum atomic E-state index is 6.04. The summed E-state index contributed by atoms with van der Waals surface area (Å²) in [6.45, 7) is 5.33. The molecule has 3 aliphatic rings. The van der Waals surface area contributed by atoms with E-state index in [1.807, 2.05) is 0 Å². The lowest BCUT2D eigenvalue weighted by Gasteiger charge is -2.44. The van der Waals surface area contributed by atoms with Crippen molar-refractivity contribution in [3.63, 3.8) is 0 Å². The van der Waals surface area contributed by atoms with E-state index in [0.717, 1.165) is 41.9 Å². The summed E-state index contributed by atoms with van der Waals surface area (Å²) in [5.41, 5.74) is 3.18. The van der Waals surface area contributed by atoms with Crippen molar-refractivity contribution < 1.29 is 4.74 Å². The number of aryl methyl sites for hydroxylation is 1. The molecular formula is C29H44O. The first-order valence-corrected chi connectivity index (χ1v) is 13.1. The number of unbranched alkanes of at least 4 members (excludes halogenated alkanes) is 3. The van der Waals surface area contributed by atoms with E-state index >= 15 is 0 Å². The second-order valence-corrected chi connectivity index (χ2v) is 10.5. The van der Waals surface area contributed by atoms with Crippen LogP contribution in [0.5, 0.6) is 5.75 Å². The first-order chi connectivity index (χ1) is 14.8. The lowest BCUT2D eigenvalue weighted by molar-refractivity contribution is 0.0810. The minimum atomic E-state index is 0.873. The highest BCUT2D eigenvalue weighted by molar-refractivity contribution is 5.37. The van der Waals surface area contributed by atoms with Gasteiger partial charge in [0.25, 0.3) is 0 Å². The van der Waals surface area contributed by atoms with Crippen LogP contribution in [0.2, 0.25) is 0 Å². The molecule has 2 unspecified atom stereocenters. The zero-order valence-electron chi connectivity index (χ0n) is 19.6. The van der Waals surface area contributed by atoms with E-state index in [4.69, 9.17) is 4.74 Å². The quantitative estimate of drug-likeness (QED) is 0.311. The molecule has 3 aliphatic carbocycles. The van der Waals surface area contributed by atoms with Crippen LogP contribution in [0.1, 0.15) is 95.6 Å². The van der Waals surface area contributed by atoms with E-state index in [1.54, 1.807) is 11.1 Å². The fourth-order valence-corrected chi connectivity index (χ4v) is 6.81. The van der Waals surface area contributed by atoms with Crippen molar-refractivity contribution in [2.45, 2.75) is 97.3 Å². The van der Waals surface area contributed by atoms with Gasteiger partial charge >= 0.3 is 0 Å². The van der Waals surface area contributed by atoms with Crippen LogP contribution < -0.4 is 4.74 Å². The molecule has 1 nitrogen and oxygen atoms in total. The highest BCUT2D eigenvalue weighted by Crippen LogP contribution is 2.48. The summed E-state index contributed by atoms with van der Waals surface area (Å²) in [7, 11) is 0. The Kier molecular flexibility index (Phi) is 7.96. The van der Waals surface area contributed by atoms with Crippen LogP contribution in [0.3, 0.4) is 0 Å². The van der Waals surface area contributed by atoms with Gasteiger partial charge in [-0.15, -0.1) is 0 Å². The van der Waals surface area contributed by atoms with E-state index in [2.05, 4.69) is 44.2 Å². The second-order valence-electron chi connectivity index (χ2n) is 10.5. The first-order valence-electron chi connectivity index (χ1n) is 13.1. The molecule has 1 aromatic carbocycles. The van der Waals surface area contributed by atoms with E-state index in [9.17, 15) is 0 Å². The Labute approximate surface area is 185 Å². The minimum Gasteiger partial charge on any atom is -0.494 e. The van der Waals surface area contributed by atoms with Crippen LogP contribution in [0, 0.1) is 29.6 Å². The van der Waals surface area contributed by atoms with Gasteiger partial charge in [-0.2, -0.15) is 0 Å². The molecule has 2 saturated carbocycles. The van der Waals surface area contributed by atoms with Crippen LogP contribution in [0.15, 0.2) is 30.4 Å². The van der Waals surface area contributed by atoms with Crippen molar-refractivity contribution >= 4 is 0 Å². The predicted molar refractivity (Wildman–Crippen MR) is 128 cm³/mol. The molecule has 1 aromatic rings. The maximum absolute atomic E-state index is 6.04. The standard InChI is InChI=1S/C29H44O/c1-3-5-6-7-17-30-29-16-15-27-20-26(13-14-28(27)21-29)25-12-11-23-18-22(8-4-2)9-10-24(23)19-25/h4,8,15-16,21-26H,3,5-7,9-14,17-20H2,1-2H3/t22-,23-,24-,25?,26?/m1/s1. The number of fused-ring (bicyclic) bond motifs is 2. The third kappa shape index (κ3) is 5.51. The number of ether oxygens (including phenoxy) is 1. The molecule has 0 radical (unpaired) electrons. The molecule has 0 saturated heterocycles. The molecule has 2 fully saturated rings. The van der Waals surface area contributed by atoms with Gasteiger partial charge in [-0.05, 0) is 124 Å². The van der Waals surface area contributed by atoms with E-state index in [-0.39, 0.29) is 0 Å². The van der Waals surface area contributed by atoms with Gasteiger partial charge in [0, 0.05) is 0 Å². The Bertz CT molecular complexity index is 690. The number of allylic oxidation sites excluding steroid dienone is 2. The molecule has 166 valence electrons. The number of benzene rings is 1. The highest BCUT2D eigenvalue weighted by Gasteiger charge is 2.38. The van der Waals surface area contributed by atoms with Crippen LogP contribution >= 0.6 is 0 Å². The van der Waals surface area contributed by atoms with Crippen molar-refractivity contribution in [1.82, 2.24) is 0 Å². The largest absolute Gasteiger partial charge is 0.494 e. The average molecular weight is 409 g/mol. The molecule has 0 heterocycles. The van der Waals surface area contributed by atoms with Crippen molar-refractivity contribution in [1.29, 1.82) is 0 Å². The van der Waals surface area contributed by atoms with E-state index in [1.165, 1.54) is 83.5 Å². The monoisotopic (exact) mass is 408 g/mol. The van der Waals surface area contributed by atoms with E-state index < -0.39 is 0 Å². The third-order valence-corrected chi connectivity index (χ3v) is 8.54. The van der Waals surface area contributed by atoms with Gasteiger partial charge in [0.1, 0.15) is 5.75 Å². The second kappa shape index (κ2) is 10.9. The lowest BCUT2D eigenvalue weighted by atomic mass is 9.61. The molecule has 0 N–H and O–H groups in total.